The molecule has 4 aromatic rings. The third kappa shape index (κ3) is 3.91. The Morgan fingerprint density at radius 3 is 2.40 bits per heavy atom. The van der Waals surface area contributed by atoms with Gasteiger partial charge in [-0.3, -0.25) is 4.98 Å². The molecule has 1 aliphatic heterocycles. The van der Waals surface area contributed by atoms with E-state index in [0.717, 1.165) is 28.3 Å². The molecular weight excluding hydrogens is 460 g/mol. The molecular formula is C27H24N4O3S. The summed E-state index contributed by atoms with van der Waals surface area (Å²) in [6.45, 7) is 4.05. The molecule has 5 rings (SSSR count). The first-order valence-corrected chi connectivity index (χ1v) is 11.6. The van der Waals surface area contributed by atoms with Crippen LogP contribution in [0.1, 0.15) is 45.1 Å². The zero-order valence-electron chi connectivity index (χ0n) is 19.2. The molecule has 8 heteroatoms. The number of aromatic hydroxyl groups is 1. The number of rotatable bonds is 5. The van der Waals surface area contributed by atoms with Gasteiger partial charge in [0.2, 0.25) is 0 Å². The Morgan fingerprint density at radius 1 is 1.03 bits per heavy atom. The number of carboxylic acids is 1. The van der Waals surface area contributed by atoms with Crippen LogP contribution in [0.3, 0.4) is 0 Å². The first-order chi connectivity index (χ1) is 16.9. The monoisotopic (exact) mass is 484 g/mol. The number of aryl methyl sites for hydroxylation is 1. The molecule has 1 saturated heterocycles. The van der Waals surface area contributed by atoms with Crippen molar-refractivity contribution in [3.05, 3.63) is 107 Å². The maximum absolute atomic E-state index is 11.3. The third-order valence-corrected chi connectivity index (χ3v) is 6.72. The minimum absolute atomic E-state index is 0.140. The lowest BCUT2D eigenvalue weighted by molar-refractivity contribution is 0.0697. The van der Waals surface area contributed by atoms with Crippen LogP contribution >= 0.6 is 12.2 Å². The normalized spacial score (nSPS) is 17.4. The number of aromatic nitrogens is 2. The number of carboxylic acid groups (broad SMARTS) is 1. The van der Waals surface area contributed by atoms with Crippen LogP contribution in [0, 0.1) is 13.8 Å². The van der Waals surface area contributed by atoms with Gasteiger partial charge in [0.05, 0.1) is 29.0 Å². The smallest absolute Gasteiger partial charge is 0.335 e. The SMILES string of the molecule is Cc1cc([C@@H]2[C@@H](c3ccccn3)NC(=S)N2c2ccccc2O)c(C)n1-c1ccc(C(=O)O)cc1. The summed E-state index contributed by atoms with van der Waals surface area (Å²) in [6, 6.07) is 21.4. The summed E-state index contributed by atoms with van der Waals surface area (Å²) in [6.07, 6.45) is 1.76. The number of nitrogens with zero attached hydrogens (tertiary/aromatic N) is 3. The molecule has 0 unspecified atom stereocenters. The average molecular weight is 485 g/mol. The van der Waals surface area contributed by atoms with Gasteiger partial charge in [0.25, 0.3) is 0 Å². The molecule has 1 aliphatic rings. The number of aromatic carboxylic acids is 1. The summed E-state index contributed by atoms with van der Waals surface area (Å²) in [5.74, 6) is -0.818. The zero-order valence-corrected chi connectivity index (χ0v) is 20.0. The minimum atomic E-state index is -0.958. The lowest BCUT2D eigenvalue weighted by atomic mass is 9.96. The third-order valence-electron chi connectivity index (χ3n) is 6.40. The number of hydrogen-bond donors (Lipinski definition) is 3. The molecule has 2 atom stereocenters. The second-order valence-corrected chi connectivity index (χ2v) is 8.89. The minimum Gasteiger partial charge on any atom is -0.506 e. The number of phenolic OH excluding ortho intramolecular Hbond substituents is 1. The maximum Gasteiger partial charge on any atom is 0.335 e. The van der Waals surface area contributed by atoms with E-state index in [1.54, 1.807) is 30.5 Å². The van der Waals surface area contributed by atoms with E-state index in [0.29, 0.717) is 10.8 Å². The zero-order chi connectivity index (χ0) is 24.7. The molecule has 3 N–H and O–H groups in total. The number of para-hydroxylation sites is 2. The lowest BCUT2D eigenvalue weighted by Gasteiger charge is -2.28. The van der Waals surface area contributed by atoms with E-state index in [2.05, 4.69) is 20.9 Å². The van der Waals surface area contributed by atoms with E-state index >= 15 is 0 Å². The van der Waals surface area contributed by atoms with Gasteiger partial charge in [0, 0.05) is 23.3 Å². The molecule has 1 fully saturated rings. The van der Waals surface area contributed by atoms with Crippen molar-refractivity contribution < 1.29 is 15.0 Å². The number of anilines is 1. The summed E-state index contributed by atoms with van der Waals surface area (Å²) in [7, 11) is 0. The topological polar surface area (TPSA) is 90.6 Å². The number of hydrogen-bond acceptors (Lipinski definition) is 4. The Balaban J connectivity index is 1.67. The molecule has 0 spiro atoms. The highest BCUT2D eigenvalue weighted by atomic mass is 32.1. The lowest BCUT2D eigenvalue weighted by Crippen LogP contribution is -2.29. The number of nitrogens with one attached hydrogen (secondary N) is 1. The van der Waals surface area contributed by atoms with Gasteiger partial charge in [0.1, 0.15) is 5.75 Å². The van der Waals surface area contributed by atoms with Gasteiger partial charge in [-0.2, -0.15) is 0 Å². The van der Waals surface area contributed by atoms with Crippen LogP contribution in [-0.4, -0.2) is 30.8 Å². The van der Waals surface area contributed by atoms with Crippen LogP contribution in [0.5, 0.6) is 5.75 Å². The van der Waals surface area contributed by atoms with E-state index in [1.165, 1.54) is 0 Å². The van der Waals surface area contributed by atoms with E-state index in [-0.39, 0.29) is 23.4 Å². The van der Waals surface area contributed by atoms with Crippen LogP contribution in [0.2, 0.25) is 0 Å². The fraction of sp³-hybridized carbons (Fsp3) is 0.148. The van der Waals surface area contributed by atoms with Crippen molar-refractivity contribution in [1.29, 1.82) is 0 Å². The highest BCUT2D eigenvalue weighted by molar-refractivity contribution is 7.80. The van der Waals surface area contributed by atoms with Crippen LogP contribution in [0.4, 0.5) is 5.69 Å². The summed E-state index contributed by atoms with van der Waals surface area (Å²) < 4.78 is 2.10. The van der Waals surface area contributed by atoms with E-state index in [9.17, 15) is 15.0 Å². The van der Waals surface area contributed by atoms with Crippen LogP contribution in [0.15, 0.2) is 79.0 Å². The Morgan fingerprint density at radius 2 is 1.74 bits per heavy atom. The molecule has 0 radical (unpaired) electrons. The molecule has 0 bridgehead atoms. The molecule has 3 heterocycles. The first-order valence-electron chi connectivity index (χ1n) is 11.2. The van der Waals surface area contributed by atoms with E-state index < -0.39 is 5.97 Å². The van der Waals surface area contributed by atoms with Crippen LogP contribution in [0.25, 0.3) is 5.69 Å². The van der Waals surface area contributed by atoms with Crippen LogP contribution < -0.4 is 10.2 Å². The summed E-state index contributed by atoms with van der Waals surface area (Å²) in [5.41, 5.74) is 5.57. The largest absolute Gasteiger partial charge is 0.506 e. The number of thiocarbonyl (C=S) groups is 1. The summed E-state index contributed by atoms with van der Waals surface area (Å²) in [5, 5.41) is 23.9. The van der Waals surface area contributed by atoms with Crippen molar-refractivity contribution in [2.45, 2.75) is 25.9 Å². The molecule has 35 heavy (non-hydrogen) atoms. The van der Waals surface area contributed by atoms with Gasteiger partial charge in [-0.1, -0.05) is 18.2 Å². The Hall–Kier alpha value is -4.17. The first kappa shape index (κ1) is 22.6. The maximum atomic E-state index is 11.3. The fourth-order valence-corrected chi connectivity index (χ4v) is 5.17. The van der Waals surface area contributed by atoms with E-state index in [4.69, 9.17) is 12.2 Å². The van der Waals surface area contributed by atoms with Crippen molar-refractivity contribution in [2.24, 2.45) is 0 Å². The second-order valence-electron chi connectivity index (χ2n) is 8.50. The number of pyridine rings is 1. The van der Waals surface area contributed by atoms with Crippen molar-refractivity contribution in [2.75, 3.05) is 4.90 Å². The van der Waals surface area contributed by atoms with Gasteiger partial charge < -0.3 is 25.0 Å². The van der Waals surface area contributed by atoms with E-state index in [1.807, 2.05) is 61.2 Å². The Labute approximate surface area is 208 Å². The summed E-state index contributed by atoms with van der Waals surface area (Å²) in [4.78, 5) is 17.8. The molecule has 2 aromatic heterocycles. The van der Waals surface area contributed by atoms with Crippen molar-refractivity contribution in [3.8, 4) is 11.4 Å². The number of carbonyl (C=O) groups is 1. The molecule has 0 saturated carbocycles. The predicted molar refractivity (Wildman–Crippen MR) is 138 cm³/mol. The molecule has 7 nitrogen and oxygen atoms in total. The van der Waals surface area contributed by atoms with Gasteiger partial charge in [-0.25, -0.2) is 4.79 Å². The molecule has 0 aliphatic carbocycles. The van der Waals surface area contributed by atoms with Gasteiger partial charge in [-0.05, 0) is 86.2 Å². The molecule has 2 aromatic carbocycles. The fourth-order valence-electron chi connectivity index (χ4n) is 4.84. The van der Waals surface area contributed by atoms with Crippen molar-refractivity contribution in [1.82, 2.24) is 14.9 Å². The Kier molecular flexibility index (Phi) is 5.74. The highest BCUT2D eigenvalue weighted by Crippen LogP contribution is 2.45. The highest BCUT2D eigenvalue weighted by Gasteiger charge is 2.43. The number of benzene rings is 2. The average Bonchev–Trinajstić information content (AvgIpc) is 3.35. The van der Waals surface area contributed by atoms with Gasteiger partial charge in [-0.15, -0.1) is 0 Å². The Bertz CT molecular complexity index is 1420. The van der Waals surface area contributed by atoms with Crippen LogP contribution in [-0.2, 0) is 0 Å². The van der Waals surface area contributed by atoms with Crippen molar-refractivity contribution >= 4 is 29.0 Å². The summed E-state index contributed by atoms with van der Waals surface area (Å²) >= 11 is 5.76. The standard InChI is InChI=1S/C27H24N4O3S/c1-16-15-20(17(2)30(16)19-12-10-18(11-13-19)26(33)34)25-24(21-7-5-6-14-28-21)29-27(35)31(25)22-8-3-4-9-23(22)32/h3-15,24-25,32H,1-2H3,(H,29,35)(H,33,34)/t24-,25-/m1/s1. The van der Waals surface area contributed by atoms with Crippen molar-refractivity contribution in [3.63, 3.8) is 0 Å². The predicted octanol–water partition coefficient (Wildman–Crippen LogP) is 5.07. The molecule has 0 amide bonds. The van der Waals surface area contributed by atoms with Gasteiger partial charge >= 0.3 is 5.97 Å². The quantitative estimate of drug-likeness (QED) is 0.341. The molecule has 176 valence electrons. The number of phenols is 1. The van der Waals surface area contributed by atoms with Gasteiger partial charge in [0.15, 0.2) is 5.11 Å². The second kappa shape index (κ2) is 8.88.